The number of nitriles is 2. The molecule has 1 aromatic rings. The predicted octanol–water partition coefficient (Wildman–Crippen LogP) is 2.98. The van der Waals surface area contributed by atoms with Crippen molar-refractivity contribution in [1.29, 1.82) is 10.5 Å². The zero-order valence-corrected chi connectivity index (χ0v) is 11.7. The van der Waals surface area contributed by atoms with E-state index in [9.17, 15) is 0 Å². The highest BCUT2D eigenvalue weighted by atomic mass is 16.5. The van der Waals surface area contributed by atoms with Crippen molar-refractivity contribution in [3.63, 3.8) is 0 Å². The van der Waals surface area contributed by atoms with Gasteiger partial charge in [0.05, 0.1) is 6.10 Å². The summed E-state index contributed by atoms with van der Waals surface area (Å²) < 4.78 is 11.3. The van der Waals surface area contributed by atoms with Crippen molar-refractivity contribution in [2.75, 3.05) is 18.5 Å². The fourth-order valence-corrected chi connectivity index (χ4v) is 2.02. The standard InChI is InChI=1S/C16H17N3O2/c17-9-13(10-18)11-19-14-4-6-15(7-5-14)21-12-16-3-1-2-8-20-16/h4-7,11,16,19H,1-3,8,12H2. The molecule has 0 aliphatic carbocycles. The summed E-state index contributed by atoms with van der Waals surface area (Å²) >= 11 is 0. The summed E-state index contributed by atoms with van der Waals surface area (Å²) in [5, 5.41) is 20.2. The van der Waals surface area contributed by atoms with Gasteiger partial charge in [0.15, 0.2) is 0 Å². The molecule has 1 aliphatic rings. The Bertz CT molecular complexity index is 545. The third-order valence-electron chi connectivity index (χ3n) is 3.19. The lowest BCUT2D eigenvalue weighted by Crippen LogP contribution is -2.25. The largest absolute Gasteiger partial charge is 0.491 e. The van der Waals surface area contributed by atoms with E-state index in [2.05, 4.69) is 5.32 Å². The van der Waals surface area contributed by atoms with E-state index in [1.54, 1.807) is 12.1 Å². The van der Waals surface area contributed by atoms with E-state index in [-0.39, 0.29) is 11.7 Å². The first kappa shape index (κ1) is 14.9. The molecule has 21 heavy (non-hydrogen) atoms. The SMILES string of the molecule is N#CC(C#N)=CNc1ccc(OCC2CCCCO2)cc1. The van der Waals surface area contributed by atoms with Crippen molar-refractivity contribution in [3.05, 3.63) is 36.0 Å². The van der Waals surface area contributed by atoms with Gasteiger partial charge in [-0.25, -0.2) is 0 Å². The number of nitrogens with one attached hydrogen (secondary N) is 1. The minimum absolute atomic E-state index is 0.0322. The molecule has 5 heteroatoms. The quantitative estimate of drug-likeness (QED) is 0.840. The average molecular weight is 283 g/mol. The summed E-state index contributed by atoms with van der Waals surface area (Å²) in [5.74, 6) is 0.777. The van der Waals surface area contributed by atoms with E-state index in [0.717, 1.165) is 30.9 Å². The van der Waals surface area contributed by atoms with Crippen molar-refractivity contribution in [1.82, 2.24) is 0 Å². The van der Waals surface area contributed by atoms with E-state index in [1.807, 2.05) is 24.3 Å². The van der Waals surface area contributed by atoms with E-state index in [0.29, 0.717) is 6.61 Å². The van der Waals surface area contributed by atoms with Crippen LogP contribution in [-0.4, -0.2) is 19.3 Å². The van der Waals surface area contributed by atoms with Crippen LogP contribution in [0.15, 0.2) is 36.0 Å². The summed E-state index contributed by atoms with van der Waals surface area (Å²) in [6.45, 7) is 1.39. The zero-order valence-electron chi connectivity index (χ0n) is 11.7. The molecule has 0 radical (unpaired) electrons. The molecular formula is C16H17N3O2. The Kier molecular flexibility index (Phi) is 5.63. The first-order chi connectivity index (χ1) is 10.3. The summed E-state index contributed by atoms with van der Waals surface area (Å²) in [6, 6.07) is 10.9. The lowest BCUT2D eigenvalue weighted by molar-refractivity contribution is -0.0110. The molecule has 1 saturated heterocycles. The Morgan fingerprint density at radius 3 is 2.67 bits per heavy atom. The molecule has 0 amide bonds. The van der Waals surface area contributed by atoms with Crippen LogP contribution >= 0.6 is 0 Å². The highest BCUT2D eigenvalue weighted by Gasteiger charge is 2.14. The predicted molar refractivity (Wildman–Crippen MR) is 78.5 cm³/mol. The molecular weight excluding hydrogens is 266 g/mol. The van der Waals surface area contributed by atoms with E-state index >= 15 is 0 Å². The molecule has 1 aliphatic heterocycles. The van der Waals surface area contributed by atoms with Crippen LogP contribution in [0.1, 0.15) is 19.3 Å². The number of hydrogen-bond donors (Lipinski definition) is 1. The van der Waals surface area contributed by atoms with Crippen molar-refractivity contribution in [2.24, 2.45) is 0 Å². The van der Waals surface area contributed by atoms with Gasteiger partial charge in [-0.3, -0.25) is 0 Å². The van der Waals surface area contributed by atoms with Crippen LogP contribution in [0.4, 0.5) is 5.69 Å². The highest BCUT2D eigenvalue weighted by Crippen LogP contribution is 2.18. The maximum absolute atomic E-state index is 8.63. The van der Waals surface area contributed by atoms with Gasteiger partial charge in [-0.05, 0) is 43.5 Å². The minimum Gasteiger partial charge on any atom is -0.491 e. The van der Waals surface area contributed by atoms with Crippen LogP contribution in [0.5, 0.6) is 5.75 Å². The Balaban J connectivity index is 1.83. The molecule has 0 aromatic heterocycles. The molecule has 0 saturated carbocycles. The van der Waals surface area contributed by atoms with Crippen LogP contribution in [-0.2, 0) is 4.74 Å². The number of hydrogen-bond acceptors (Lipinski definition) is 5. The summed E-state index contributed by atoms with van der Waals surface area (Å²) in [5.41, 5.74) is 0.823. The second-order valence-electron chi connectivity index (χ2n) is 4.75. The van der Waals surface area contributed by atoms with Gasteiger partial charge in [-0.15, -0.1) is 0 Å². The van der Waals surface area contributed by atoms with Gasteiger partial charge in [0.25, 0.3) is 0 Å². The van der Waals surface area contributed by atoms with Crippen LogP contribution in [0.2, 0.25) is 0 Å². The monoisotopic (exact) mass is 283 g/mol. The van der Waals surface area contributed by atoms with Gasteiger partial charge in [0, 0.05) is 18.5 Å². The first-order valence-electron chi connectivity index (χ1n) is 6.93. The molecule has 0 spiro atoms. The Hall–Kier alpha value is -2.50. The van der Waals surface area contributed by atoms with Gasteiger partial charge in [-0.1, -0.05) is 0 Å². The van der Waals surface area contributed by atoms with Crippen LogP contribution in [0.25, 0.3) is 0 Å². The minimum atomic E-state index is 0.0322. The summed E-state index contributed by atoms with van der Waals surface area (Å²) in [7, 11) is 0. The van der Waals surface area contributed by atoms with Crippen molar-refractivity contribution in [2.45, 2.75) is 25.4 Å². The highest BCUT2D eigenvalue weighted by molar-refractivity contribution is 5.51. The Morgan fingerprint density at radius 1 is 1.29 bits per heavy atom. The lowest BCUT2D eigenvalue weighted by Gasteiger charge is -2.22. The van der Waals surface area contributed by atoms with E-state index in [4.69, 9.17) is 20.0 Å². The van der Waals surface area contributed by atoms with Crippen LogP contribution in [0, 0.1) is 22.7 Å². The fourth-order valence-electron chi connectivity index (χ4n) is 2.02. The molecule has 1 N–H and O–H groups in total. The van der Waals surface area contributed by atoms with E-state index < -0.39 is 0 Å². The fraction of sp³-hybridized carbons (Fsp3) is 0.375. The topological polar surface area (TPSA) is 78.1 Å². The number of nitrogens with zero attached hydrogens (tertiary/aromatic N) is 2. The second-order valence-corrected chi connectivity index (χ2v) is 4.75. The van der Waals surface area contributed by atoms with Crippen molar-refractivity contribution >= 4 is 5.69 Å². The maximum atomic E-state index is 8.63. The number of ether oxygens (including phenoxy) is 2. The zero-order chi connectivity index (χ0) is 14.9. The van der Waals surface area contributed by atoms with Crippen LogP contribution in [0.3, 0.4) is 0 Å². The number of anilines is 1. The Labute approximate surface area is 124 Å². The number of benzene rings is 1. The molecule has 0 bridgehead atoms. The summed E-state index contributed by atoms with van der Waals surface area (Å²) in [4.78, 5) is 0. The van der Waals surface area contributed by atoms with Crippen molar-refractivity contribution < 1.29 is 9.47 Å². The van der Waals surface area contributed by atoms with Gasteiger partial charge in [-0.2, -0.15) is 10.5 Å². The second kappa shape index (κ2) is 7.94. The molecule has 1 fully saturated rings. The molecule has 1 unspecified atom stereocenters. The number of rotatable bonds is 5. The normalized spacial score (nSPS) is 17.1. The molecule has 2 rings (SSSR count). The number of allylic oxidation sites excluding steroid dienone is 1. The Morgan fingerprint density at radius 2 is 2.05 bits per heavy atom. The van der Waals surface area contributed by atoms with Gasteiger partial charge < -0.3 is 14.8 Å². The van der Waals surface area contributed by atoms with Gasteiger partial charge in [0.2, 0.25) is 0 Å². The molecule has 1 atom stereocenters. The van der Waals surface area contributed by atoms with Crippen LogP contribution < -0.4 is 10.1 Å². The smallest absolute Gasteiger partial charge is 0.145 e. The molecule has 1 heterocycles. The molecule has 5 nitrogen and oxygen atoms in total. The van der Waals surface area contributed by atoms with E-state index in [1.165, 1.54) is 12.6 Å². The maximum Gasteiger partial charge on any atom is 0.145 e. The van der Waals surface area contributed by atoms with Gasteiger partial charge >= 0.3 is 0 Å². The molecule has 1 aromatic carbocycles. The van der Waals surface area contributed by atoms with Crippen molar-refractivity contribution in [3.8, 4) is 17.9 Å². The third kappa shape index (κ3) is 4.83. The third-order valence-corrected chi connectivity index (χ3v) is 3.19. The lowest BCUT2D eigenvalue weighted by atomic mass is 10.1. The van der Waals surface area contributed by atoms with Gasteiger partial charge in [0.1, 0.15) is 30.1 Å². The average Bonchev–Trinajstić information content (AvgIpc) is 2.56. The molecule has 108 valence electrons. The first-order valence-corrected chi connectivity index (χ1v) is 6.93. The summed E-state index contributed by atoms with van der Waals surface area (Å²) in [6.07, 6.45) is 4.95.